The van der Waals surface area contributed by atoms with Crippen LogP contribution in [0.5, 0.6) is 5.75 Å². The van der Waals surface area contributed by atoms with Gasteiger partial charge in [-0.1, -0.05) is 30.3 Å². The normalized spacial score (nSPS) is 11.3. The van der Waals surface area contributed by atoms with Gasteiger partial charge in [-0.15, -0.1) is 0 Å². The second-order valence-corrected chi connectivity index (χ2v) is 6.05. The molecule has 0 aliphatic heterocycles. The van der Waals surface area contributed by atoms with Crippen LogP contribution in [0.2, 0.25) is 0 Å². The number of phenols is 1. The number of aromatic hydroxyl groups is 1. The lowest BCUT2D eigenvalue weighted by atomic mass is 10.1. The molecule has 0 amide bonds. The highest BCUT2D eigenvalue weighted by Crippen LogP contribution is 2.41. The Morgan fingerprint density at radius 1 is 1.12 bits per heavy atom. The number of nitrogens with zero attached hydrogens (tertiary/aromatic N) is 2. The molecule has 2 aromatic heterocycles. The number of anilines is 1. The zero-order valence-electron chi connectivity index (χ0n) is 14.2. The molecule has 0 radical (unpaired) electrons. The van der Waals surface area contributed by atoms with Gasteiger partial charge in [0, 0.05) is 17.5 Å². The third-order valence-corrected chi connectivity index (χ3v) is 4.51. The predicted molar refractivity (Wildman–Crippen MR) is 99.0 cm³/mol. The third-order valence-electron chi connectivity index (χ3n) is 4.51. The molecule has 0 spiro atoms. The van der Waals surface area contributed by atoms with Gasteiger partial charge in [-0.3, -0.25) is 0 Å². The molecule has 2 aromatic carbocycles. The van der Waals surface area contributed by atoms with Crippen molar-refractivity contribution in [3.63, 3.8) is 0 Å². The molecule has 25 heavy (non-hydrogen) atoms. The summed E-state index contributed by atoms with van der Waals surface area (Å²) in [4.78, 5) is 0. The zero-order chi connectivity index (χ0) is 17.6. The molecule has 0 fully saturated rings. The van der Waals surface area contributed by atoms with E-state index >= 15 is 0 Å². The first-order valence-electron chi connectivity index (χ1n) is 8.25. The summed E-state index contributed by atoms with van der Waals surface area (Å²) >= 11 is 0. The van der Waals surface area contributed by atoms with Gasteiger partial charge >= 0.3 is 0 Å². The van der Waals surface area contributed by atoms with Crippen LogP contribution in [0.15, 0.2) is 53.1 Å². The Hall–Kier alpha value is -3.21. The van der Waals surface area contributed by atoms with Gasteiger partial charge in [0.25, 0.3) is 0 Å². The molecule has 0 aliphatic rings. The van der Waals surface area contributed by atoms with Crippen molar-refractivity contribution < 1.29 is 9.63 Å². The largest absolute Gasteiger partial charge is 0.508 e. The first kappa shape index (κ1) is 15.3. The van der Waals surface area contributed by atoms with Crippen molar-refractivity contribution in [1.82, 2.24) is 9.72 Å². The molecule has 4 aromatic rings. The summed E-state index contributed by atoms with van der Waals surface area (Å²) in [6, 6.07) is 15.1. The Morgan fingerprint density at radius 2 is 1.84 bits per heavy atom. The molecule has 3 N–H and O–H groups in total. The van der Waals surface area contributed by atoms with Crippen molar-refractivity contribution in [2.45, 2.75) is 20.3 Å². The fourth-order valence-corrected chi connectivity index (χ4v) is 3.34. The van der Waals surface area contributed by atoms with Crippen LogP contribution in [0.1, 0.15) is 18.4 Å². The molecular weight excluding hydrogens is 314 g/mol. The van der Waals surface area contributed by atoms with Crippen LogP contribution in [-0.4, -0.2) is 14.8 Å². The Bertz CT molecular complexity index is 1060. The van der Waals surface area contributed by atoms with Crippen LogP contribution in [0.3, 0.4) is 0 Å². The first-order valence-corrected chi connectivity index (χ1v) is 8.25. The molecule has 5 heteroatoms. The summed E-state index contributed by atoms with van der Waals surface area (Å²) in [7, 11) is 0. The van der Waals surface area contributed by atoms with Gasteiger partial charge < -0.3 is 19.9 Å². The number of nitrogen functional groups attached to an aromatic ring is 1. The lowest BCUT2D eigenvalue weighted by Crippen LogP contribution is -2.00. The number of rotatable bonds is 3. The summed E-state index contributed by atoms with van der Waals surface area (Å²) in [5.74, 6) is 1.04. The van der Waals surface area contributed by atoms with Gasteiger partial charge in [0.15, 0.2) is 0 Å². The lowest BCUT2D eigenvalue weighted by molar-refractivity contribution is 0.383. The van der Waals surface area contributed by atoms with Gasteiger partial charge in [-0.2, -0.15) is 0 Å². The molecule has 0 unspecified atom stereocenters. The molecule has 0 atom stereocenters. The zero-order valence-corrected chi connectivity index (χ0v) is 14.2. The maximum absolute atomic E-state index is 9.64. The topological polar surface area (TPSA) is 77.2 Å². The second-order valence-electron chi connectivity index (χ2n) is 6.05. The average molecular weight is 333 g/mol. The van der Waals surface area contributed by atoms with E-state index in [0.717, 1.165) is 45.7 Å². The Morgan fingerprint density at radius 3 is 2.56 bits per heavy atom. The quantitative estimate of drug-likeness (QED) is 0.581. The fourth-order valence-electron chi connectivity index (χ4n) is 3.34. The van der Waals surface area contributed by atoms with E-state index < -0.39 is 0 Å². The van der Waals surface area contributed by atoms with Gasteiger partial charge in [0.1, 0.15) is 11.5 Å². The molecular formula is C20H19N3O2. The number of hydrogen-bond donors (Lipinski definition) is 2. The van der Waals surface area contributed by atoms with Crippen molar-refractivity contribution in [2.24, 2.45) is 0 Å². The predicted octanol–water partition coefficient (Wildman–Crippen LogP) is 4.44. The third kappa shape index (κ3) is 2.28. The summed E-state index contributed by atoms with van der Waals surface area (Å²) in [6.07, 6.45) is 0.729. The van der Waals surface area contributed by atoms with E-state index in [9.17, 15) is 5.11 Å². The van der Waals surface area contributed by atoms with E-state index in [1.54, 1.807) is 12.1 Å². The van der Waals surface area contributed by atoms with E-state index in [-0.39, 0.29) is 5.75 Å². The number of para-hydroxylation sites is 1. The van der Waals surface area contributed by atoms with E-state index in [0.29, 0.717) is 5.69 Å². The maximum atomic E-state index is 9.64. The van der Waals surface area contributed by atoms with Crippen LogP contribution in [-0.2, 0) is 6.42 Å². The Balaban J connectivity index is 2.13. The van der Waals surface area contributed by atoms with E-state index in [1.165, 1.54) is 0 Å². The summed E-state index contributed by atoms with van der Waals surface area (Å²) in [6.45, 7) is 3.96. The maximum Gasteiger partial charge on any atom is 0.146 e. The van der Waals surface area contributed by atoms with E-state index in [1.807, 2.05) is 50.2 Å². The standard InChI is InChI=1S/C20H19N3O2/c1-3-17-18(12(2)22-25-17)20-19(21)15-6-4-5-7-16(15)23(20)13-8-10-14(24)11-9-13/h4-11,24H,3,21H2,1-2H3. The van der Waals surface area contributed by atoms with Gasteiger partial charge in [0.2, 0.25) is 0 Å². The van der Waals surface area contributed by atoms with Crippen molar-refractivity contribution in [3.05, 3.63) is 60.0 Å². The van der Waals surface area contributed by atoms with Crippen LogP contribution >= 0.6 is 0 Å². The highest BCUT2D eigenvalue weighted by atomic mass is 16.5. The van der Waals surface area contributed by atoms with Crippen molar-refractivity contribution in [2.75, 3.05) is 5.73 Å². The summed E-state index contributed by atoms with van der Waals surface area (Å²) in [5, 5.41) is 14.8. The molecule has 5 nitrogen and oxygen atoms in total. The number of aromatic nitrogens is 2. The van der Waals surface area contributed by atoms with Gasteiger partial charge in [-0.05, 0) is 37.3 Å². The van der Waals surface area contributed by atoms with E-state index in [4.69, 9.17) is 10.3 Å². The summed E-state index contributed by atoms with van der Waals surface area (Å²) < 4.78 is 7.60. The van der Waals surface area contributed by atoms with Crippen LogP contribution < -0.4 is 5.73 Å². The molecule has 2 heterocycles. The monoisotopic (exact) mass is 333 g/mol. The van der Waals surface area contributed by atoms with Crippen molar-refractivity contribution in [3.8, 4) is 22.7 Å². The average Bonchev–Trinajstić information content (AvgIpc) is 3.13. The number of nitrogens with two attached hydrogens (primary N) is 1. The first-order chi connectivity index (χ1) is 12.1. The van der Waals surface area contributed by atoms with Crippen LogP contribution in [0.25, 0.3) is 27.8 Å². The smallest absolute Gasteiger partial charge is 0.146 e. The molecule has 0 saturated heterocycles. The molecule has 126 valence electrons. The minimum absolute atomic E-state index is 0.227. The summed E-state index contributed by atoms with van der Waals surface area (Å²) in [5.41, 5.74) is 11.8. The molecule has 0 aliphatic carbocycles. The highest BCUT2D eigenvalue weighted by molar-refractivity contribution is 6.02. The minimum atomic E-state index is 0.227. The number of hydrogen-bond acceptors (Lipinski definition) is 4. The SMILES string of the molecule is CCc1onc(C)c1-c1c(N)c2ccccc2n1-c1ccc(O)cc1. The molecule has 4 rings (SSSR count). The highest BCUT2D eigenvalue weighted by Gasteiger charge is 2.24. The van der Waals surface area contributed by atoms with Crippen LogP contribution in [0, 0.1) is 6.92 Å². The number of benzene rings is 2. The van der Waals surface area contributed by atoms with Crippen molar-refractivity contribution in [1.29, 1.82) is 0 Å². The number of aryl methyl sites for hydroxylation is 2. The van der Waals surface area contributed by atoms with Gasteiger partial charge in [-0.25, -0.2) is 0 Å². The lowest BCUT2D eigenvalue weighted by Gasteiger charge is -2.12. The number of phenolic OH excluding ortho intramolecular Hbond substituents is 1. The van der Waals surface area contributed by atoms with Crippen LogP contribution in [0.4, 0.5) is 5.69 Å². The molecule has 0 bridgehead atoms. The van der Waals surface area contributed by atoms with Gasteiger partial charge in [0.05, 0.1) is 28.2 Å². The number of fused-ring (bicyclic) bond motifs is 1. The Kier molecular flexibility index (Phi) is 3.50. The second kappa shape index (κ2) is 5.70. The minimum Gasteiger partial charge on any atom is -0.508 e. The molecule has 0 saturated carbocycles. The fraction of sp³-hybridized carbons (Fsp3) is 0.150. The van der Waals surface area contributed by atoms with E-state index in [2.05, 4.69) is 9.72 Å². The van der Waals surface area contributed by atoms with Crippen molar-refractivity contribution >= 4 is 16.6 Å². The Labute approximate surface area is 145 Å².